The van der Waals surface area contributed by atoms with Crippen LogP contribution in [0.2, 0.25) is 0 Å². The van der Waals surface area contributed by atoms with E-state index in [9.17, 15) is 9.90 Å². The number of aliphatic hydroxyl groups is 1. The van der Waals surface area contributed by atoms with E-state index in [0.29, 0.717) is 30.9 Å². The number of hydrogen-bond donors (Lipinski definition) is 2. The summed E-state index contributed by atoms with van der Waals surface area (Å²) in [6.45, 7) is 4.88. The Morgan fingerprint density at radius 1 is 1.30 bits per heavy atom. The predicted octanol–water partition coefficient (Wildman–Crippen LogP) is 2.42. The average molecular weight is 508 g/mol. The number of hydrogen-bond acceptors (Lipinski definition) is 7. The van der Waals surface area contributed by atoms with Gasteiger partial charge in [-0.05, 0) is 37.0 Å². The van der Waals surface area contributed by atoms with E-state index in [1.807, 2.05) is 36.7 Å². The molecule has 198 valence electrons. The molecule has 9 heteroatoms. The van der Waals surface area contributed by atoms with Crippen molar-refractivity contribution < 1.29 is 19.4 Å². The number of carbonyl (C=O) groups excluding carboxylic acids is 1. The fourth-order valence-corrected chi connectivity index (χ4v) is 5.52. The second kappa shape index (κ2) is 10.4. The lowest BCUT2D eigenvalue weighted by Gasteiger charge is -2.48. The number of likely N-dealkylation sites (N-methyl/N-ethyl adjacent to an activating group) is 1. The minimum absolute atomic E-state index is 0.167. The number of fused-ring (bicyclic) bond motifs is 2. The van der Waals surface area contributed by atoms with E-state index < -0.39 is 11.6 Å². The van der Waals surface area contributed by atoms with E-state index in [4.69, 9.17) is 14.5 Å². The molecule has 1 aromatic carbocycles. The van der Waals surface area contributed by atoms with E-state index in [-0.39, 0.29) is 18.6 Å². The maximum Gasteiger partial charge on any atom is 0.274 e. The molecule has 0 unspecified atom stereocenters. The molecule has 37 heavy (non-hydrogen) atoms. The van der Waals surface area contributed by atoms with E-state index in [1.165, 1.54) is 11.1 Å². The van der Waals surface area contributed by atoms with Gasteiger partial charge in [-0.15, -0.1) is 0 Å². The number of aromatic nitrogens is 2. The molecule has 0 bridgehead atoms. The molecule has 3 atom stereocenters. The molecule has 1 spiro atoms. The molecule has 0 aliphatic carbocycles. The zero-order chi connectivity index (χ0) is 26.2. The lowest BCUT2D eigenvalue weighted by atomic mass is 9.76. The number of anilines is 1. The number of aliphatic hydroxyl groups excluding tert-OH is 1. The number of amides is 1. The number of ether oxygens (including phenoxy) is 2. The molecule has 9 nitrogen and oxygen atoms in total. The van der Waals surface area contributed by atoms with Crippen molar-refractivity contribution in [2.75, 3.05) is 52.4 Å². The Hall–Kier alpha value is -2.98. The van der Waals surface area contributed by atoms with Crippen molar-refractivity contribution in [1.29, 1.82) is 0 Å². The van der Waals surface area contributed by atoms with Gasteiger partial charge in [0.05, 0.1) is 30.0 Å². The molecule has 3 aromatic rings. The third kappa shape index (κ3) is 4.84. The van der Waals surface area contributed by atoms with Crippen LogP contribution in [0.4, 0.5) is 5.69 Å². The average Bonchev–Trinajstić information content (AvgIpc) is 3.36. The lowest BCUT2D eigenvalue weighted by Crippen LogP contribution is -2.65. The smallest absolute Gasteiger partial charge is 0.274 e. The molecule has 2 N–H and O–H groups in total. The second-order valence-electron chi connectivity index (χ2n) is 10.3. The summed E-state index contributed by atoms with van der Waals surface area (Å²) in [5.41, 5.74) is 5.09. The highest BCUT2D eigenvalue weighted by molar-refractivity contribution is 5.93. The number of piperidine rings is 1. The van der Waals surface area contributed by atoms with Crippen LogP contribution >= 0.6 is 0 Å². The van der Waals surface area contributed by atoms with Crippen LogP contribution in [-0.4, -0.2) is 84.4 Å². The van der Waals surface area contributed by atoms with Gasteiger partial charge in [0.1, 0.15) is 11.3 Å². The quantitative estimate of drug-likeness (QED) is 0.508. The molecule has 1 saturated heterocycles. The number of β-amino-alcohol motifs (C(OH)–C–C–N with tert-alkyl or cyclic N) is 1. The van der Waals surface area contributed by atoms with Crippen LogP contribution in [0.25, 0.3) is 5.65 Å². The van der Waals surface area contributed by atoms with Crippen LogP contribution in [0, 0.1) is 0 Å². The molecule has 2 aliphatic rings. The van der Waals surface area contributed by atoms with Crippen LogP contribution in [0.1, 0.15) is 46.6 Å². The summed E-state index contributed by atoms with van der Waals surface area (Å²) in [6, 6.07) is 10.4. The number of imidazole rings is 1. The van der Waals surface area contributed by atoms with Crippen LogP contribution in [-0.2, 0) is 22.4 Å². The van der Waals surface area contributed by atoms with Crippen molar-refractivity contribution in [3.05, 3.63) is 65.1 Å². The monoisotopic (exact) mass is 507 g/mol. The van der Waals surface area contributed by atoms with Gasteiger partial charge in [-0.3, -0.25) is 4.79 Å². The zero-order valence-corrected chi connectivity index (χ0v) is 22.1. The Balaban J connectivity index is 1.38. The Labute approximate surface area is 218 Å². The van der Waals surface area contributed by atoms with Gasteiger partial charge in [0.25, 0.3) is 5.91 Å². The Morgan fingerprint density at radius 3 is 2.81 bits per heavy atom. The molecule has 4 heterocycles. The third-order valence-corrected chi connectivity index (χ3v) is 8.05. The van der Waals surface area contributed by atoms with E-state index >= 15 is 0 Å². The minimum Gasteiger partial charge on any atom is -0.389 e. The zero-order valence-electron chi connectivity index (χ0n) is 22.1. The largest absolute Gasteiger partial charge is 0.389 e. The van der Waals surface area contributed by atoms with E-state index in [1.54, 1.807) is 25.3 Å². The summed E-state index contributed by atoms with van der Waals surface area (Å²) in [6.07, 6.45) is 4.34. The lowest BCUT2D eigenvalue weighted by molar-refractivity contribution is -0.0140. The van der Waals surface area contributed by atoms with Crippen LogP contribution < -0.4 is 10.2 Å². The second-order valence-corrected chi connectivity index (χ2v) is 10.3. The van der Waals surface area contributed by atoms with Crippen molar-refractivity contribution in [3.8, 4) is 0 Å². The van der Waals surface area contributed by atoms with Gasteiger partial charge >= 0.3 is 0 Å². The highest BCUT2D eigenvalue weighted by Gasteiger charge is 2.45. The SMILES string of the molecule is COCCN(C)c1cc([C@@H](C)OC)c2nc(C(=O)N3CC[C@]4(Cc5ccccc5CN4)[C@H](O)C3)cn2c1. The first-order valence-electron chi connectivity index (χ1n) is 12.9. The highest BCUT2D eigenvalue weighted by Crippen LogP contribution is 2.33. The first kappa shape index (κ1) is 25.7. The summed E-state index contributed by atoms with van der Waals surface area (Å²) in [5.74, 6) is -0.167. The summed E-state index contributed by atoms with van der Waals surface area (Å²) in [7, 11) is 5.36. The van der Waals surface area contributed by atoms with Gasteiger partial charge in [-0.1, -0.05) is 24.3 Å². The number of rotatable bonds is 7. The Morgan fingerprint density at radius 2 is 2.08 bits per heavy atom. The number of benzene rings is 1. The molecule has 1 amide bonds. The Bertz CT molecular complexity index is 1280. The number of nitrogens with zero attached hydrogens (tertiary/aromatic N) is 4. The predicted molar refractivity (Wildman–Crippen MR) is 142 cm³/mol. The highest BCUT2D eigenvalue weighted by atomic mass is 16.5. The molecule has 5 rings (SSSR count). The van der Waals surface area contributed by atoms with Gasteiger partial charge < -0.3 is 34.1 Å². The number of nitrogens with one attached hydrogen (secondary N) is 1. The van der Waals surface area contributed by atoms with Crippen LogP contribution in [0.3, 0.4) is 0 Å². The number of methoxy groups -OCH3 is 2. The third-order valence-electron chi connectivity index (χ3n) is 8.05. The molecular formula is C28H37N5O4. The van der Waals surface area contributed by atoms with E-state index in [0.717, 1.165) is 30.8 Å². The van der Waals surface area contributed by atoms with Crippen molar-refractivity contribution in [1.82, 2.24) is 19.6 Å². The van der Waals surface area contributed by atoms with Crippen molar-refractivity contribution in [2.24, 2.45) is 0 Å². The maximum absolute atomic E-state index is 13.6. The minimum atomic E-state index is -0.666. The maximum atomic E-state index is 13.6. The molecular weight excluding hydrogens is 470 g/mol. The van der Waals surface area contributed by atoms with Gasteiger partial charge in [-0.2, -0.15) is 0 Å². The molecule has 0 radical (unpaired) electrons. The van der Waals surface area contributed by atoms with Crippen molar-refractivity contribution in [3.63, 3.8) is 0 Å². The number of carbonyl (C=O) groups is 1. The first-order chi connectivity index (χ1) is 17.8. The van der Waals surface area contributed by atoms with Crippen molar-refractivity contribution >= 4 is 17.2 Å². The number of pyridine rings is 1. The molecule has 1 fully saturated rings. The van der Waals surface area contributed by atoms with Gasteiger partial charge in [-0.25, -0.2) is 4.98 Å². The standard InChI is InChI=1S/C28H37N5O4/c1-19(37-4)23-13-22(31(2)11-12-36-3)16-33-17-24(30-26(23)33)27(35)32-10-9-28(25(34)18-32)14-20-7-5-6-8-21(20)15-29-28/h5-8,13,16-17,19,25,29,34H,9-12,14-15,18H2,1-4H3/t19-,25-,28+/m1/s1. The summed E-state index contributed by atoms with van der Waals surface area (Å²) < 4.78 is 12.7. The summed E-state index contributed by atoms with van der Waals surface area (Å²) in [4.78, 5) is 22.1. The normalized spacial score (nSPS) is 22.3. The molecule has 0 saturated carbocycles. The van der Waals surface area contributed by atoms with Crippen molar-refractivity contribution in [2.45, 2.75) is 44.1 Å². The first-order valence-corrected chi connectivity index (χ1v) is 12.9. The number of likely N-dealkylation sites (tertiary alicyclic amines) is 1. The molecule has 2 aromatic heterocycles. The van der Waals surface area contributed by atoms with Crippen LogP contribution in [0.5, 0.6) is 0 Å². The fraction of sp³-hybridized carbons (Fsp3) is 0.500. The summed E-state index contributed by atoms with van der Waals surface area (Å²) >= 11 is 0. The van der Waals surface area contributed by atoms with Gasteiger partial charge in [0, 0.05) is 65.4 Å². The Kier molecular flexibility index (Phi) is 7.22. The van der Waals surface area contributed by atoms with Crippen LogP contribution in [0.15, 0.2) is 42.7 Å². The topological polar surface area (TPSA) is 91.6 Å². The van der Waals surface area contributed by atoms with Gasteiger partial charge in [0.15, 0.2) is 0 Å². The van der Waals surface area contributed by atoms with E-state index in [2.05, 4.69) is 28.4 Å². The fourth-order valence-electron chi connectivity index (χ4n) is 5.52. The molecule has 2 aliphatic heterocycles. The van der Waals surface area contributed by atoms with Gasteiger partial charge in [0.2, 0.25) is 0 Å². The summed E-state index contributed by atoms with van der Waals surface area (Å²) in [5, 5.41) is 14.8.